The number of esters is 1. The molecule has 0 radical (unpaired) electrons. The van der Waals surface area contributed by atoms with E-state index in [1.807, 2.05) is 37.3 Å². The molecule has 0 aliphatic carbocycles. The van der Waals surface area contributed by atoms with Gasteiger partial charge in [-0.1, -0.05) is 42.5 Å². The normalized spacial score (nSPS) is 21.1. The molecular weight excluding hydrogens is 309 g/mol. The van der Waals surface area contributed by atoms with Crippen LogP contribution in [0.25, 0.3) is 0 Å². The van der Waals surface area contributed by atoms with E-state index in [4.69, 9.17) is 4.74 Å². The Balaban J connectivity index is 1.93. The second-order valence-electron chi connectivity index (χ2n) is 5.86. The Kier molecular flexibility index (Phi) is 4.34. The van der Waals surface area contributed by atoms with Gasteiger partial charge in [0.05, 0.1) is 6.04 Å². The molecule has 0 aromatic heterocycles. The molecule has 2 aromatic rings. The van der Waals surface area contributed by atoms with Crippen LogP contribution >= 0.6 is 0 Å². The van der Waals surface area contributed by atoms with Crippen LogP contribution in [0.4, 0.5) is 4.39 Å². The third kappa shape index (κ3) is 2.89. The van der Waals surface area contributed by atoms with E-state index in [1.54, 1.807) is 17.0 Å². The van der Waals surface area contributed by atoms with Crippen LogP contribution in [0.15, 0.2) is 54.6 Å². The van der Waals surface area contributed by atoms with Crippen LogP contribution in [0.2, 0.25) is 0 Å². The van der Waals surface area contributed by atoms with Crippen molar-refractivity contribution in [1.82, 2.24) is 4.90 Å². The van der Waals surface area contributed by atoms with Crippen molar-refractivity contribution in [3.63, 3.8) is 0 Å². The Morgan fingerprint density at radius 3 is 2.33 bits per heavy atom. The number of β-lactam (4-membered cyclic amide) rings is 1. The molecule has 5 heteroatoms. The summed E-state index contributed by atoms with van der Waals surface area (Å²) in [6.07, 6.45) is -0.862. The number of carbonyl (C=O) groups is 2. The maximum Gasteiger partial charge on any atom is 0.303 e. The van der Waals surface area contributed by atoms with E-state index in [9.17, 15) is 14.0 Å². The van der Waals surface area contributed by atoms with Gasteiger partial charge in [0.25, 0.3) is 5.91 Å². The quantitative estimate of drug-likeness (QED) is 0.639. The molecule has 4 nitrogen and oxygen atoms in total. The summed E-state index contributed by atoms with van der Waals surface area (Å²) in [6, 6.07) is 14.9. The number of amides is 1. The van der Waals surface area contributed by atoms with E-state index in [-0.39, 0.29) is 17.8 Å². The monoisotopic (exact) mass is 327 g/mol. The van der Waals surface area contributed by atoms with Gasteiger partial charge in [-0.2, -0.15) is 0 Å². The van der Waals surface area contributed by atoms with Crippen LogP contribution < -0.4 is 0 Å². The van der Waals surface area contributed by atoms with Crippen molar-refractivity contribution >= 4 is 11.9 Å². The van der Waals surface area contributed by atoms with Gasteiger partial charge >= 0.3 is 5.97 Å². The molecule has 0 bridgehead atoms. The summed E-state index contributed by atoms with van der Waals surface area (Å²) in [5.74, 6) is -1.10. The predicted molar refractivity (Wildman–Crippen MR) is 86.4 cm³/mol. The maximum absolute atomic E-state index is 13.2. The molecule has 1 fully saturated rings. The van der Waals surface area contributed by atoms with E-state index in [2.05, 4.69) is 0 Å². The topological polar surface area (TPSA) is 46.6 Å². The third-order valence-electron chi connectivity index (χ3n) is 4.29. The van der Waals surface area contributed by atoms with E-state index in [1.165, 1.54) is 19.1 Å². The van der Waals surface area contributed by atoms with Crippen LogP contribution in [0, 0.1) is 5.82 Å². The number of halogens is 1. The summed E-state index contributed by atoms with van der Waals surface area (Å²) in [4.78, 5) is 25.5. The second kappa shape index (κ2) is 6.43. The first-order valence-corrected chi connectivity index (χ1v) is 7.79. The molecular formula is C19H18FNO3. The van der Waals surface area contributed by atoms with E-state index in [0.717, 1.165) is 11.1 Å². The van der Waals surface area contributed by atoms with Gasteiger partial charge < -0.3 is 9.64 Å². The molecule has 2 aromatic carbocycles. The zero-order chi connectivity index (χ0) is 17.3. The van der Waals surface area contributed by atoms with Crippen molar-refractivity contribution in [2.45, 2.75) is 32.0 Å². The van der Waals surface area contributed by atoms with Crippen molar-refractivity contribution in [1.29, 1.82) is 0 Å². The highest BCUT2D eigenvalue weighted by Gasteiger charge is 2.52. The molecule has 1 aliphatic heterocycles. The van der Waals surface area contributed by atoms with Crippen LogP contribution in [0.5, 0.6) is 0 Å². The highest BCUT2D eigenvalue weighted by atomic mass is 19.1. The van der Waals surface area contributed by atoms with E-state index >= 15 is 0 Å². The number of rotatable bonds is 4. The Hall–Kier alpha value is -2.69. The Morgan fingerprint density at radius 1 is 1.12 bits per heavy atom. The van der Waals surface area contributed by atoms with Crippen molar-refractivity contribution in [2.24, 2.45) is 0 Å². The number of likely N-dealkylation sites (tertiary alicyclic amines) is 1. The fourth-order valence-electron chi connectivity index (χ4n) is 3.10. The number of hydrogen-bond acceptors (Lipinski definition) is 3. The fourth-order valence-corrected chi connectivity index (χ4v) is 3.10. The first-order chi connectivity index (χ1) is 11.5. The molecule has 3 atom stereocenters. The molecule has 1 heterocycles. The summed E-state index contributed by atoms with van der Waals surface area (Å²) in [5.41, 5.74) is 1.73. The minimum atomic E-state index is -0.862. The first-order valence-electron chi connectivity index (χ1n) is 7.79. The van der Waals surface area contributed by atoms with Gasteiger partial charge in [-0.25, -0.2) is 4.39 Å². The van der Waals surface area contributed by atoms with Crippen molar-refractivity contribution < 1.29 is 18.7 Å². The molecule has 3 rings (SSSR count). The Bertz CT molecular complexity index is 745. The minimum Gasteiger partial charge on any atom is -0.450 e. The zero-order valence-electron chi connectivity index (χ0n) is 13.5. The van der Waals surface area contributed by atoms with Crippen molar-refractivity contribution in [2.75, 3.05) is 0 Å². The van der Waals surface area contributed by atoms with Gasteiger partial charge in [0.15, 0.2) is 0 Å². The van der Waals surface area contributed by atoms with Gasteiger partial charge in [-0.3, -0.25) is 9.59 Å². The molecule has 24 heavy (non-hydrogen) atoms. The number of benzene rings is 2. The lowest BCUT2D eigenvalue weighted by Gasteiger charge is -2.49. The van der Waals surface area contributed by atoms with Crippen molar-refractivity contribution in [3.8, 4) is 0 Å². The van der Waals surface area contributed by atoms with Crippen LogP contribution in [-0.2, 0) is 14.3 Å². The summed E-state index contributed by atoms with van der Waals surface area (Å²) in [7, 11) is 0. The lowest BCUT2D eigenvalue weighted by Crippen LogP contribution is -2.60. The number of ether oxygens (including phenoxy) is 1. The van der Waals surface area contributed by atoms with Gasteiger partial charge in [0, 0.05) is 6.92 Å². The smallest absolute Gasteiger partial charge is 0.303 e. The average molecular weight is 327 g/mol. The molecule has 124 valence electrons. The lowest BCUT2D eigenvalue weighted by molar-refractivity contribution is -0.186. The zero-order valence-corrected chi connectivity index (χ0v) is 13.5. The summed E-state index contributed by atoms with van der Waals surface area (Å²) >= 11 is 0. The highest BCUT2D eigenvalue weighted by molar-refractivity contribution is 5.91. The minimum absolute atomic E-state index is 0.180. The number of hydrogen-bond donors (Lipinski definition) is 0. The summed E-state index contributed by atoms with van der Waals surface area (Å²) < 4.78 is 18.4. The Labute approximate surface area is 139 Å². The van der Waals surface area contributed by atoms with E-state index in [0.29, 0.717) is 0 Å². The third-order valence-corrected chi connectivity index (χ3v) is 4.29. The van der Waals surface area contributed by atoms with Crippen LogP contribution in [-0.4, -0.2) is 22.9 Å². The lowest BCUT2D eigenvalue weighted by atomic mass is 9.87. The largest absolute Gasteiger partial charge is 0.450 e. The molecule has 1 amide bonds. The number of nitrogens with zero attached hydrogens (tertiary/aromatic N) is 1. The highest BCUT2D eigenvalue weighted by Crippen LogP contribution is 2.43. The van der Waals surface area contributed by atoms with Crippen molar-refractivity contribution in [3.05, 3.63) is 71.5 Å². The standard InChI is InChI=1S/C19H18FNO3/c1-12(14-6-4-3-5-7-14)21-17(15-8-10-16(20)11-9-15)18(19(21)23)24-13(2)22/h3-12,17-18H,1-2H3/t12-,17?,18?/m0/s1. The molecule has 2 unspecified atom stereocenters. The summed E-state index contributed by atoms with van der Waals surface area (Å²) in [6.45, 7) is 3.20. The van der Waals surface area contributed by atoms with Gasteiger partial charge in [-0.15, -0.1) is 0 Å². The fraction of sp³-hybridized carbons (Fsp3) is 0.263. The predicted octanol–water partition coefficient (Wildman–Crippen LogP) is 3.40. The molecule has 1 saturated heterocycles. The summed E-state index contributed by atoms with van der Waals surface area (Å²) in [5, 5.41) is 0. The van der Waals surface area contributed by atoms with Gasteiger partial charge in [-0.05, 0) is 30.2 Å². The van der Waals surface area contributed by atoms with E-state index < -0.39 is 18.1 Å². The van der Waals surface area contributed by atoms with Crippen LogP contribution in [0.1, 0.15) is 37.1 Å². The molecule has 1 aliphatic rings. The maximum atomic E-state index is 13.2. The van der Waals surface area contributed by atoms with Gasteiger partial charge in [0.1, 0.15) is 11.9 Å². The average Bonchev–Trinajstić information content (AvgIpc) is 2.58. The number of carbonyl (C=O) groups excluding carboxylic acids is 2. The van der Waals surface area contributed by atoms with Gasteiger partial charge in [0.2, 0.25) is 6.10 Å². The molecule has 0 N–H and O–H groups in total. The Morgan fingerprint density at radius 2 is 1.75 bits per heavy atom. The molecule has 0 spiro atoms. The first kappa shape index (κ1) is 16.2. The second-order valence-corrected chi connectivity index (χ2v) is 5.86. The van der Waals surface area contributed by atoms with Crippen LogP contribution in [0.3, 0.4) is 0 Å². The SMILES string of the molecule is CC(=O)OC1C(=O)N([C@@H](C)c2ccccc2)C1c1ccc(F)cc1. The molecule has 0 saturated carbocycles.